The normalized spacial score (nSPS) is 13.4. The van der Waals surface area contributed by atoms with E-state index in [1.807, 2.05) is 5.32 Å². The van der Waals surface area contributed by atoms with Crippen molar-refractivity contribution in [3.05, 3.63) is 6.20 Å². The maximum Gasteiger partial charge on any atom is 0.405 e. The van der Waals surface area contributed by atoms with Crippen LogP contribution in [0.3, 0.4) is 0 Å². The maximum absolute atomic E-state index is 11.4. The number of fused-ring (bicyclic) bond motifs is 1. The molecule has 0 saturated carbocycles. The molecule has 0 unspecified atom stereocenters. The highest BCUT2D eigenvalue weighted by molar-refractivity contribution is 5.96. The summed E-state index contributed by atoms with van der Waals surface area (Å²) in [7, 11) is 0. The first-order valence-electron chi connectivity index (χ1n) is 5.23. The van der Waals surface area contributed by atoms with Gasteiger partial charge in [0, 0.05) is 13.1 Å². The van der Waals surface area contributed by atoms with Crippen molar-refractivity contribution in [3.8, 4) is 0 Å². The van der Waals surface area contributed by atoms with E-state index in [9.17, 15) is 9.59 Å². The average Bonchev–Trinajstić information content (AvgIpc) is 2.70. The minimum atomic E-state index is -1.23. The van der Waals surface area contributed by atoms with E-state index in [1.54, 1.807) is 10.9 Å². The van der Waals surface area contributed by atoms with Gasteiger partial charge >= 0.3 is 6.09 Å². The number of aryl methyl sites for hydroxylation is 1. The number of hydrogen-bond acceptors (Lipinski definition) is 4. The number of anilines is 2. The smallest absolute Gasteiger partial charge is 0.405 e. The van der Waals surface area contributed by atoms with Gasteiger partial charge in [-0.25, -0.2) is 9.48 Å². The van der Waals surface area contributed by atoms with E-state index >= 15 is 0 Å². The fourth-order valence-corrected chi connectivity index (χ4v) is 1.62. The van der Waals surface area contributed by atoms with Gasteiger partial charge in [-0.2, -0.15) is 5.10 Å². The highest BCUT2D eigenvalue weighted by Crippen LogP contribution is 2.23. The van der Waals surface area contributed by atoms with Gasteiger partial charge in [0.15, 0.2) is 0 Å². The van der Waals surface area contributed by atoms with Crippen molar-refractivity contribution in [2.75, 3.05) is 23.7 Å². The molecule has 0 fully saturated rings. The molecule has 1 aromatic rings. The summed E-state index contributed by atoms with van der Waals surface area (Å²) in [5.74, 6) is 0.343. The summed E-state index contributed by atoms with van der Waals surface area (Å²) in [6.45, 7) is 1.37. The summed E-state index contributed by atoms with van der Waals surface area (Å²) in [6, 6.07) is 0. The molecule has 2 rings (SSSR count). The molecule has 17 heavy (non-hydrogen) atoms. The van der Waals surface area contributed by atoms with E-state index in [1.165, 1.54) is 0 Å². The first-order valence-corrected chi connectivity index (χ1v) is 5.23. The first-order chi connectivity index (χ1) is 8.16. The standard InChI is InChI=1S/C9H13N5O3/c15-7(5-11-9(16)17)13-6-4-12-14-3-1-2-10-8(6)14/h4,10-11H,1-3,5H2,(H,13,15)(H,16,17). The predicted octanol–water partition coefficient (Wildman–Crippen LogP) is -0.0952. The molecule has 1 aliphatic heterocycles. The monoisotopic (exact) mass is 239 g/mol. The molecule has 8 heteroatoms. The van der Waals surface area contributed by atoms with Gasteiger partial charge in [0.1, 0.15) is 18.1 Å². The molecule has 8 nitrogen and oxygen atoms in total. The third-order valence-corrected chi connectivity index (χ3v) is 2.35. The Labute approximate surface area is 97.0 Å². The van der Waals surface area contributed by atoms with E-state index in [4.69, 9.17) is 5.11 Å². The van der Waals surface area contributed by atoms with Crippen molar-refractivity contribution in [2.24, 2.45) is 0 Å². The summed E-state index contributed by atoms with van der Waals surface area (Å²) in [5.41, 5.74) is 0.571. The lowest BCUT2D eigenvalue weighted by Gasteiger charge is -2.17. The molecule has 0 spiro atoms. The fraction of sp³-hybridized carbons (Fsp3) is 0.444. The molecule has 1 aliphatic rings. The molecule has 4 N–H and O–H groups in total. The van der Waals surface area contributed by atoms with Crippen LogP contribution < -0.4 is 16.0 Å². The molecule has 92 valence electrons. The number of carbonyl (C=O) groups excluding carboxylic acids is 1. The van der Waals surface area contributed by atoms with Gasteiger partial charge in [-0.15, -0.1) is 0 Å². The molecule has 0 atom stereocenters. The van der Waals surface area contributed by atoms with E-state index in [0.717, 1.165) is 25.3 Å². The minimum absolute atomic E-state index is 0.278. The molecule has 2 heterocycles. The Morgan fingerprint density at radius 1 is 1.59 bits per heavy atom. The fourth-order valence-electron chi connectivity index (χ4n) is 1.62. The van der Waals surface area contributed by atoms with Crippen LogP contribution in [0.1, 0.15) is 6.42 Å². The topological polar surface area (TPSA) is 108 Å². The van der Waals surface area contributed by atoms with Gasteiger partial charge in [-0.1, -0.05) is 0 Å². The van der Waals surface area contributed by atoms with Gasteiger partial charge in [0.25, 0.3) is 0 Å². The Balaban J connectivity index is 1.96. The van der Waals surface area contributed by atoms with E-state index in [2.05, 4.69) is 15.7 Å². The van der Waals surface area contributed by atoms with E-state index in [0.29, 0.717) is 5.69 Å². The van der Waals surface area contributed by atoms with Gasteiger partial charge in [0.05, 0.1) is 6.20 Å². The number of nitrogens with one attached hydrogen (secondary N) is 3. The summed E-state index contributed by atoms with van der Waals surface area (Å²) >= 11 is 0. The molecule has 2 amide bonds. The van der Waals surface area contributed by atoms with Crippen molar-refractivity contribution in [1.82, 2.24) is 15.1 Å². The van der Waals surface area contributed by atoms with Crippen LogP contribution in [0.5, 0.6) is 0 Å². The maximum atomic E-state index is 11.4. The van der Waals surface area contributed by atoms with Crippen LogP contribution in [-0.4, -0.2) is 40.0 Å². The van der Waals surface area contributed by atoms with Crippen LogP contribution in [0.25, 0.3) is 0 Å². The van der Waals surface area contributed by atoms with Crippen molar-refractivity contribution >= 4 is 23.5 Å². The van der Waals surface area contributed by atoms with Crippen molar-refractivity contribution in [2.45, 2.75) is 13.0 Å². The highest BCUT2D eigenvalue weighted by Gasteiger charge is 2.15. The largest absolute Gasteiger partial charge is 0.465 e. The second-order valence-corrected chi connectivity index (χ2v) is 3.62. The zero-order chi connectivity index (χ0) is 12.3. The molecule has 1 aromatic heterocycles. The van der Waals surface area contributed by atoms with Crippen LogP contribution in [0.15, 0.2) is 6.20 Å². The number of hydrogen-bond donors (Lipinski definition) is 4. The summed E-state index contributed by atoms with van der Waals surface area (Å²) < 4.78 is 1.77. The van der Waals surface area contributed by atoms with E-state index < -0.39 is 12.0 Å². The number of aromatic nitrogens is 2. The number of carbonyl (C=O) groups is 2. The zero-order valence-electron chi connectivity index (χ0n) is 9.06. The second-order valence-electron chi connectivity index (χ2n) is 3.62. The molecule has 0 aromatic carbocycles. The first kappa shape index (κ1) is 11.2. The number of nitrogens with zero attached hydrogens (tertiary/aromatic N) is 2. The number of amides is 2. The molecule has 0 aliphatic carbocycles. The quantitative estimate of drug-likeness (QED) is 0.589. The average molecular weight is 239 g/mol. The van der Waals surface area contributed by atoms with Crippen LogP contribution in [0.4, 0.5) is 16.3 Å². The van der Waals surface area contributed by atoms with Gasteiger partial charge in [-0.3, -0.25) is 4.79 Å². The SMILES string of the molecule is O=C(O)NCC(=O)Nc1cnn2c1NCCC2. The number of carboxylic acid groups (broad SMARTS) is 1. The molecule has 0 radical (unpaired) electrons. The Bertz CT molecular complexity index is 442. The Kier molecular flexibility index (Phi) is 3.12. The molecular formula is C9H13N5O3. The van der Waals surface area contributed by atoms with Gasteiger partial charge in [-0.05, 0) is 6.42 Å². The van der Waals surface area contributed by atoms with Crippen LogP contribution >= 0.6 is 0 Å². The summed E-state index contributed by atoms with van der Waals surface area (Å²) in [5, 5.41) is 20.2. The zero-order valence-corrected chi connectivity index (χ0v) is 9.06. The lowest BCUT2D eigenvalue weighted by atomic mass is 10.3. The second kappa shape index (κ2) is 4.73. The number of rotatable bonds is 3. The Morgan fingerprint density at radius 3 is 3.18 bits per heavy atom. The summed E-state index contributed by atoms with van der Waals surface area (Å²) in [4.78, 5) is 21.6. The Hall–Kier alpha value is -2.25. The predicted molar refractivity (Wildman–Crippen MR) is 60.0 cm³/mol. The third-order valence-electron chi connectivity index (χ3n) is 2.35. The minimum Gasteiger partial charge on any atom is -0.465 e. The highest BCUT2D eigenvalue weighted by atomic mass is 16.4. The van der Waals surface area contributed by atoms with Crippen LogP contribution in [0, 0.1) is 0 Å². The van der Waals surface area contributed by atoms with E-state index in [-0.39, 0.29) is 6.54 Å². The van der Waals surface area contributed by atoms with Gasteiger partial charge in [0.2, 0.25) is 5.91 Å². The third kappa shape index (κ3) is 2.65. The lowest BCUT2D eigenvalue weighted by Crippen LogP contribution is -2.31. The van der Waals surface area contributed by atoms with Crippen molar-refractivity contribution < 1.29 is 14.7 Å². The summed E-state index contributed by atoms with van der Waals surface area (Å²) in [6.07, 6.45) is 1.31. The van der Waals surface area contributed by atoms with Gasteiger partial charge < -0.3 is 21.1 Å². The molecular weight excluding hydrogens is 226 g/mol. The molecule has 0 saturated heterocycles. The molecule has 0 bridgehead atoms. The van der Waals surface area contributed by atoms with Crippen molar-refractivity contribution in [3.63, 3.8) is 0 Å². The van der Waals surface area contributed by atoms with Crippen LogP contribution in [-0.2, 0) is 11.3 Å². The van der Waals surface area contributed by atoms with Crippen LogP contribution in [0.2, 0.25) is 0 Å². The Morgan fingerprint density at radius 2 is 2.41 bits per heavy atom. The van der Waals surface area contributed by atoms with Crippen molar-refractivity contribution in [1.29, 1.82) is 0 Å². The lowest BCUT2D eigenvalue weighted by molar-refractivity contribution is -0.115.